The molecule has 0 aliphatic heterocycles. The van der Waals surface area contributed by atoms with Crippen LogP contribution >= 0.6 is 23.1 Å². The number of hydrogen-bond donors (Lipinski definition) is 0. The van der Waals surface area contributed by atoms with Crippen LogP contribution < -0.4 is 0 Å². The zero-order valence-corrected chi connectivity index (χ0v) is 12.8. The lowest BCUT2D eigenvalue weighted by molar-refractivity contribution is -0.138. The van der Waals surface area contributed by atoms with Gasteiger partial charge in [0.25, 0.3) is 0 Å². The van der Waals surface area contributed by atoms with Crippen LogP contribution in [-0.4, -0.2) is 10.2 Å². The van der Waals surface area contributed by atoms with Gasteiger partial charge in [0, 0.05) is 0 Å². The quantitative estimate of drug-likeness (QED) is 0.760. The molecule has 8 heteroatoms. The van der Waals surface area contributed by atoms with E-state index >= 15 is 0 Å². The van der Waals surface area contributed by atoms with Crippen LogP contribution in [0.5, 0.6) is 0 Å². The number of rotatable bonds is 3. The number of hydrogen-bond acceptors (Lipinski definition) is 5. The predicted octanol–water partition coefficient (Wildman–Crippen LogP) is 4.70. The van der Waals surface area contributed by atoms with Gasteiger partial charge in [0.05, 0.1) is 33.0 Å². The van der Waals surface area contributed by atoms with Crippen molar-refractivity contribution >= 4 is 23.1 Å². The number of nitrogens with zero attached hydrogens (tertiary/aromatic N) is 3. The van der Waals surface area contributed by atoms with E-state index < -0.39 is 22.6 Å². The van der Waals surface area contributed by atoms with Crippen molar-refractivity contribution in [1.82, 2.24) is 4.98 Å². The molecule has 3 nitrogen and oxygen atoms in total. The fourth-order valence-corrected chi connectivity index (χ4v) is 3.18. The highest BCUT2D eigenvalue weighted by Crippen LogP contribution is 2.39. The molecule has 1 atom stereocenters. The van der Waals surface area contributed by atoms with Gasteiger partial charge in [-0.3, -0.25) is 0 Å². The Kier molecular flexibility index (Phi) is 4.74. The number of thiophene rings is 1. The van der Waals surface area contributed by atoms with Crippen molar-refractivity contribution < 1.29 is 13.2 Å². The van der Waals surface area contributed by atoms with Gasteiger partial charge in [-0.15, -0.1) is 11.3 Å². The normalized spacial score (nSPS) is 12.5. The maximum absolute atomic E-state index is 13.2. The summed E-state index contributed by atoms with van der Waals surface area (Å²) in [4.78, 5) is 4.72. The zero-order valence-electron chi connectivity index (χ0n) is 11.2. The van der Waals surface area contributed by atoms with Crippen molar-refractivity contribution in [3.63, 3.8) is 0 Å². The van der Waals surface area contributed by atoms with E-state index in [2.05, 4.69) is 4.98 Å². The highest BCUT2D eigenvalue weighted by Gasteiger charge is 2.36. The minimum atomic E-state index is -4.66. The Morgan fingerprint density at radius 3 is 2.59 bits per heavy atom. The summed E-state index contributed by atoms with van der Waals surface area (Å²) < 4.78 is 39.6. The number of nitriles is 2. The lowest BCUT2D eigenvalue weighted by Crippen LogP contribution is -2.11. The molecule has 2 heterocycles. The molecule has 0 amide bonds. The third-order valence-electron chi connectivity index (χ3n) is 2.65. The largest absolute Gasteiger partial charge is 0.417 e. The third kappa shape index (κ3) is 3.41. The van der Waals surface area contributed by atoms with E-state index in [0.717, 1.165) is 17.8 Å². The molecule has 0 aromatic carbocycles. The molecule has 22 heavy (non-hydrogen) atoms. The van der Waals surface area contributed by atoms with Gasteiger partial charge in [-0.1, -0.05) is 17.8 Å². The molecule has 0 aliphatic carbocycles. The molecule has 0 spiro atoms. The molecular weight excluding hydrogens is 331 g/mol. The van der Waals surface area contributed by atoms with Crippen LogP contribution in [0.3, 0.4) is 0 Å². The van der Waals surface area contributed by atoms with E-state index in [9.17, 15) is 13.2 Å². The fourth-order valence-electron chi connectivity index (χ4n) is 1.68. The predicted molar refractivity (Wildman–Crippen MR) is 78.2 cm³/mol. The molecule has 0 saturated carbocycles. The maximum atomic E-state index is 13.2. The van der Waals surface area contributed by atoms with E-state index in [0.29, 0.717) is 4.88 Å². The van der Waals surface area contributed by atoms with E-state index in [1.807, 2.05) is 6.07 Å². The SMILES string of the molecule is C[C@H](C#N)Sc1nc(-c2cccs2)cc(C(F)(F)F)c1C#N. The minimum absolute atomic E-state index is 0.0743. The summed E-state index contributed by atoms with van der Waals surface area (Å²) >= 11 is 2.10. The minimum Gasteiger partial charge on any atom is -0.239 e. The van der Waals surface area contributed by atoms with Gasteiger partial charge in [-0.2, -0.15) is 23.7 Å². The Morgan fingerprint density at radius 1 is 1.36 bits per heavy atom. The van der Waals surface area contributed by atoms with Gasteiger partial charge < -0.3 is 0 Å². The molecular formula is C14H8F3N3S2. The van der Waals surface area contributed by atoms with Crippen molar-refractivity contribution in [3.05, 3.63) is 34.7 Å². The van der Waals surface area contributed by atoms with Crippen molar-refractivity contribution in [2.75, 3.05) is 0 Å². The smallest absolute Gasteiger partial charge is 0.239 e. The lowest BCUT2D eigenvalue weighted by atomic mass is 10.1. The van der Waals surface area contributed by atoms with Crippen LogP contribution in [0.2, 0.25) is 0 Å². The molecule has 0 aliphatic rings. The average Bonchev–Trinajstić information content (AvgIpc) is 2.99. The molecule has 0 N–H and O–H groups in total. The highest BCUT2D eigenvalue weighted by molar-refractivity contribution is 8.00. The molecule has 0 unspecified atom stereocenters. The van der Waals surface area contributed by atoms with Gasteiger partial charge in [0.1, 0.15) is 11.1 Å². The van der Waals surface area contributed by atoms with Crippen molar-refractivity contribution in [1.29, 1.82) is 10.5 Å². The molecule has 2 rings (SSSR count). The van der Waals surface area contributed by atoms with Crippen molar-refractivity contribution in [2.24, 2.45) is 0 Å². The molecule has 0 fully saturated rings. The van der Waals surface area contributed by atoms with Crippen LogP contribution in [0.25, 0.3) is 10.6 Å². The number of halogens is 3. The topological polar surface area (TPSA) is 60.5 Å². The number of alkyl halides is 3. The molecule has 0 saturated heterocycles. The third-order valence-corrected chi connectivity index (χ3v) is 4.52. The molecule has 2 aromatic heterocycles. The number of pyridine rings is 1. The summed E-state index contributed by atoms with van der Waals surface area (Å²) in [6, 6.07) is 7.72. The Labute approximate surface area is 133 Å². The first-order valence-corrected chi connectivity index (χ1v) is 7.75. The standard InChI is InChI=1S/C14H8F3N3S2/c1-8(6-18)22-13-9(7-19)10(14(15,16)17)5-11(20-13)12-3-2-4-21-12/h2-5,8H,1H3/t8-/m1/s1. The monoisotopic (exact) mass is 339 g/mol. The van der Waals surface area contributed by atoms with Crippen LogP contribution in [0.1, 0.15) is 18.1 Å². The van der Waals surface area contributed by atoms with Crippen molar-refractivity contribution in [2.45, 2.75) is 23.4 Å². The number of aromatic nitrogens is 1. The molecule has 2 aromatic rings. The zero-order chi connectivity index (χ0) is 16.3. The molecule has 0 radical (unpaired) electrons. The summed E-state index contributed by atoms with van der Waals surface area (Å²) in [6.45, 7) is 1.54. The first kappa shape index (κ1) is 16.3. The first-order valence-electron chi connectivity index (χ1n) is 5.99. The summed E-state index contributed by atoms with van der Waals surface area (Å²) in [7, 11) is 0. The van der Waals surface area contributed by atoms with Gasteiger partial charge in [0.2, 0.25) is 0 Å². The van der Waals surface area contributed by atoms with Crippen molar-refractivity contribution in [3.8, 4) is 22.7 Å². The first-order chi connectivity index (χ1) is 10.4. The second kappa shape index (κ2) is 6.39. The van der Waals surface area contributed by atoms with Gasteiger partial charge in [-0.05, 0) is 24.4 Å². The molecule has 112 valence electrons. The Bertz CT molecular complexity index is 755. The van der Waals surface area contributed by atoms with E-state index in [1.54, 1.807) is 30.5 Å². The van der Waals surface area contributed by atoms with Gasteiger partial charge in [0.15, 0.2) is 0 Å². The molecule has 0 bridgehead atoms. The van der Waals surface area contributed by atoms with E-state index in [1.165, 1.54) is 11.3 Å². The summed E-state index contributed by atoms with van der Waals surface area (Å²) in [5.74, 6) is 0. The highest BCUT2D eigenvalue weighted by atomic mass is 32.2. The van der Waals surface area contributed by atoms with Crippen LogP contribution in [0, 0.1) is 22.7 Å². The van der Waals surface area contributed by atoms with Crippen LogP contribution in [-0.2, 0) is 6.18 Å². The van der Waals surface area contributed by atoms with E-state index in [-0.39, 0.29) is 10.7 Å². The Hall–Kier alpha value is -2.03. The summed E-state index contributed by atoms with van der Waals surface area (Å²) in [6.07, 6.45) is -4.66. The summed E-state index contributed by atoms with van der Waals surface area (Å²) in [5.41, 5.74) is -1.42. The van der Waals surface area contributed by atoms with Gasteiger partial charge >= 0.3 is 6.18 Å². The van der Waals surface area contributed by atoms with Crippen LogP contribution in [0.4, 0.5) is 13.2 Å². The van der Waals surface area contributed by atoms with Gasteiger partial charge in [-0.25, -0.2) is 4.98 Å². The number of thioether (sulfide) groups is 1. The Morgan fingerprint density at radius 2 is 2.09 bits per heavy atom. The average molecular weight is 339 g/mol. The lowest BCUT2D eigenvalue weighted by Gasteiger charge is -2.14. The fraction of sp³-hybridized carbons (Fsp3) is 0.214. The second-order valence-corrected chi connectivity index (χ2v) is 6.49. The second-order valence-electron chi connectivity index (χ2n) is 4.21. The summed E-state index contributed by atoms with van der Waals surface area (Å²) in [5, 5.41) is 19.0. The Balaban J connectivity index is 2.68. The van der Waals surface area contributed by atoms with E-state index in [4.69, 9.17) is 10.5 Å². The maximum Gasteiger partial charge on any atom is 0.417 e. The van der Waals surface area contributed by atoms with Crippen LogP contribution in [0.15, 0.2) is 28.6 Å².